The number of primary amides is 1. The SMILES string of the molecule is Cc1nc(C(N)=O)c(Nc2cccc(CCNC[CH]C=O)c2)nc1N(C)C(C)C. The second kappa shape index (κ2) is 10.5. The number of carbonyl (C=O) groups excluding carboxylic acids is 2. The number of carbonyl (C=O) groups is 2. The van der Waals surface area contributed by atoms with Crippen molar-refractivity contribution in [1.29, 1.82) is 0 Å². The highest BCUT2D eigenvalue weighted by atomic mass is 16.1. The molecule has 0 saturated carbocycles. The molecule has 1 aromatic heterocycles. The van der Waals surface area contributed by atoms with Crippen LogP contribution in [0.3, 0.4) is 0 Å². The predicted molar refractivity (Wildman–Crippen MR) is 115 cm³/mol. The molecular formula is C21H29N6O2. The van der Waals surface area contributed by atoms with Gasteiger partial charge in [-0.15, -0.1) is 0 Å². The summed E-state index contributed by atoms with van der Waals surface area (Å²) in [5.41, 5.74) is 8.18. The quantitative estimate of drug-likeness (QED) is 0.393. The molecule has 0 spiro atoms. The first-order chi connectivity index (χ1) is 13.8. The van der Waals surface area contributed by atoms with Gasteiger partial charge in [-0.1, -0.05) is 12.1 Å². The normalized spacial score (nSPS) is 10.8. The van der Waals surface area contributed by atoms with Gasteiger partial charge in [0.1, 0.15) is 6.29 Å². The zero-order valence-corrected chi connectivity index (χ0v) is 17.4. The van der Waals surface area contributed by atoms with Crippen LogP contribution in [-0.2, 0) is 11.2 Å². The van der Waals surface area contributed by atoms with Crippen molar-refractivity contribution in [3.05, 3.63) is 47.6 Å². The topological polar surface area (TPSA) is 113 Å². The Morgan fingerprint density at radius 2 is 2.07 bits per heavy atom. The van der Waals surface area contributed by atoms with Gasteiger partial charge in [0.25, 0.3) is 5.91 Å². The Kier molecular flexibility index (Phi) is 8.09. The van der Waals surface area contributed by atoms with Crippen LogP contribution in [0.2, 0.25) is 0 Å². The first-order valence-electron chi connectivity index (χ1n) is 9.58. The van der Waals surface area contributed by atoms with Crippen LogP contribution in [-0.4, -0.2) is 48.3 Å². The van der Waals surface area contributed by atoms with Gasteiger partial charge in [-0.3, -0.25) is 4.79 Å². The number of rotatable bonds is 11. The summed E-state index contributed by atoms with van der Waals surface area (Å²) in [6.07, 6.45) is 3.11. The van der Waals surface area contributed by atoms with Crippen molar-refractivity contribution in [2.24, 2.45) is 5.73 Å². The van der Waals surface area contributed by atoms with E-state index >= 15 is 0 Å². The number of nitrogens with one attached hydrogen (secondary N) is 2. The number of nitrogens with zero attached hydrogens (tertiary/aromatic N) is 3. The number of benzene rings is 1. The number of hydrogen-bond acceptors (Lipinski definition) is 7. The van der Waals surface area contributed by atoms with Gasteiger partial charge in [-0.2, -0.15) is 0 Å². The van der Waals surface area contributed by atoms with Crippen molar-refractivity contribution < 1.29 is 9.59 Å². The fourth-order valence-electron chi connectivity index (χ4n) is 2.76. The highest BCUT2D eigenvalue weighted by molar-refractivity contribution is 5.96. The zero-order valence-electron chi connectivity index (χ0n) is 17.4. The fraction of sp³-hybridized carbons (Fsp3) is 0.381. The van der Waals surface area contributed by atoms with E-state index in [1.165, 1.54) is 6.42 Å². The Hall–Kier alpha value is -3.00. The molecule has 0 aliphatic heterocycles. The smallest absolute Gasteiger partial charge is 0.271 e. The maximum absolute atomic E-state index is 11.9. The lowest BCUT2D eigenvalue weighted by atomic mass is 10.1. The molecule has 0 bridgehead atoms. The number of hydrogen-bond donors (Lipinski definition) is 3. The van der Waals surface area contributed by atoms with Crippen molar-refractivity contribution in [2.45, 2.75) is 33.2 Å². The molecule has 29 heavy (non-hydrogen) atoms. The monoisotopic (exact) mass is 397 g/mol. The molecule has 0 saturated heterocycles. The fourth-order valence-corrected chi connectivity index (χ4v) is 2.76. The van der Waals surface area contributed by atoms with Gasteiger partial charge < -0.3 is 26.1 Å². The van der Waals surface area contributed by atoms with E-state index in [-0.39, 0.29) is 11.7 Å². The minimum atomic E-state index is -0.631. The average Bonchev–Trinajstić information content (AvgIpc) is 2.68. The largest absolute Gasteiger partial charge is 0.364 e. The zero-order chi connectivity index (χ0) is 21.4. The van der Waals surface area contributed by atoms with Crippen LogP contribution < -0.4 is 21.3 Å². The van der Waals surface area contributed by atoms with Crippen LogP contribution in [0.25, 0.3) is 0 Å². The predicted octanol–water partition coefficient (Wildman–Crippen LogP) is 2.01. The summed E-state index contributed by atoms with van der Waals surface area (Å²) in [6.45, 7) is 7.22. The van der Waals surface area contributed by atoms with Crippen LogP contribution in [0.15, 0.2) is 24.3 Å². The molecule has 1 heterocycles. The Labute approximate surface area is 171 Å². The van der Waals surface area contributed by atoms with Crippen molar-refractivity contribution in [3.8, 4) is 0 Å². The maximum atomic E-state index is 11.9. The number of amides is 1. The highest BCUT2D eigenvalue weighted by Crippen LogP contribution is 2.24. The molecule has 1 aromatic carbocycles. The van der Waals surface area contributed by atoms with Gasteiger partial charge in [0, 0.05) is 31.7 Å². The minimum absolute atomic E-state index is 0.111. The summed E-state index contributed by atoms with van der Waals surface area (Å²) >= 11 is 0. The molecule has 8 nitrogen and oxygen atoms in total. The van der Waals surface area contributed by atoms with Crippen molar-refractivity contribution >= 4 is 29.5 Å². The molecule has 0 atom stereocenters. The Balaban J connectivity index is 2.23. The van der Waals surface area contributed by atoms with Crippen molar-refractivity contribution in [1.82, 2.24) is 15.3 Å². The summed E-state index contributed by atoms with van der Waals surface area (Å²) in [7, 11) is 1.94. The maximum Gasteiger partial charge on any atom is 0.271 e. The molecule has 0 fully saturated rings. The number of aldehydes is 1. The molecular weight excluding hydrogens is 368 g/mol. The molecule has 8 heteroatoms. The number of anilines is 3. The van der Waals surface area contributed by atoms with Crippen molar-refractivity contribution in [3.63, 3.8) is 0 Å². The lowest BCUT2D eigenvalue weighted by molar-refractivity contribution is -0.105. The molecule has 1 radical (unpaired) electrons. The van der Waals surface area contributed by atoms with E-state index in [0.717, 1.165) is 30.5 Å². The van der Waals surface area contributed by atoms with E-state index in [2.05, 4.69) is 34.4 Å². The van der Waals surface area contributed by atoms with E-state index < -0.39 is 5.91 Å². The summed E-state index contributed by atoms with van der Waals surface area (Å²) in [4.78, 5) is 33.2. The first kappa shape index (κ1) is 22.3. The standard InChI is InChI=1S/C21H29N6O2/c1-14(2)27(4)21-15(3)24-18(19(22)29)20(26-21)25-17-8-5-7-16(13-17)9-11-23-10-6-12-28/h5-8,12-14,23H,9-11H2,1-4H3,(H2,22,29)(H,25,26). The average molecular weight is 398 g/mol. The van der Waals surface area contributed by atoms with Crippen LogP contribution >= 0.6 is 0 Å². The van der Waals surface area contributed by atoms with Crippen LogP contribution in [0.5, 0.6) is 0 Å². The Morgan fingerprint density at radius 3 is 2.72 bits per heavy atom. The van der Waals surface area contributed by atoms with E-state index in [4.69, 9.17) is 5.73 Å². The third-order valence-electron chi connectivity index (χ3n) is 4.53. The second-order valence-electron chi connectivity index (χ2n) is 7.05. The molecule has 2 aromatic rings. The molecule has 2 rings (SSSR count). The van der Waals surface area contributed by atoms with E-state index in [0.29, 0.717) is 23.9 Å². The summed E-state index contributed by atoms with van der Waals surface area (Å²) in [5.74, 6) is 0.398. The number of aromatic nitrogens is 2. The molecule has 0 aliphatic rings. The van der Waals surface area contributed by atoms with E-state index in [9.17, 15) is 9.59 Å². The third-order valence-corrected chi connectivity index (χ3v) is 4.53. The summed E-state index contributed by atoms with van der Waals surface area (Å²) < 4.78 is 0. The molecule has 0 aliphatic carbocycles. The Bertz CT molecular complexity index is 853. The highest BCUT2D eigenvalue weighted by Gasteiger charge is 2.19. The summed E-state index contributed by atoms with van der Waals surface area (Å²) in [5, 5.41) is 6.36. The van der Waals surface area contributed by atoms with E-state index in [1.54, 1.807) is 0 Å². The number of aryl methyl sites for hydroxylation is 1. The minimum Gasteiger partial charge on any atom is -0.364 e. The van der Waals surface area contributed by atoms with Gasteiger partial charge in [0.15, 0.2) is 17.3 Å². The molecule has 1 amide bonds. The van der Waals surface area contributed by atoms with Crippen molar-refractivity contribution in [2.75, 3.05) is 30.4 Å². The van der Waals surface area contributed by atoms with Crippen LogP contribution in [0, 0.1) is 13.3 Å². The van der Waals surface area contributed by atoms with Gasteiger partial charge in [-0.25, -0.2) is 9.97 Å². The van der Waals surface area contributed by atoms with Gasteiger partial charge in [0.05, 0.1) is 5.69 Å². The van der Waals surface area contributed by atoms with Crippen LogP contribution in [0.4, 0.5) is 17.3 Å². The lowest BCUT2D eigenvalue weighted by Gasteiger charge is -2.25. The van der Waals surface area contributed by atoms with Gasteiger partial charge in [0.2, 0.25) is 0 Å². The second-order valence-corrected chi connectivity index (χ2v) is 7.05. The molecule has 155 valence electrons. The van der Waals surface area contributed by atoms with Crippen LogP contribution in [0.1, 0.15) is 35.6 Å². The molecule has 0 unspecified atom stereocenters. The van der Waals surface area contributed by atoms with Gasteiger partial charge >= 0.3 is 0 Å². The summed E-state index contributed by atoms with van der Waals surface area (Å²) in [6, 6.07) is 8.06. The van der Waals surface area contributed by atoms with E-state index in [1.807, 2.05) is 43.1 Å². The Morgan fingerprint density at radius 1 is 1.31 bits per heavy atom. The number of nitrogens with two attached hydrogens (primary N) is 1. The lowest BCUT2D eigenvalue weighted by Crippen LogP contribution is -2.29. The molecule has 4 N–H and O–H groups in total. The third kappa shape index (κ3) is 6.25. The first-order valence-corrected chi connectivity index (χ1v) is 9.58. The van der Waals surface area contributed by atoms with Gasteiger partial charge in [-0.05, 0) is 51.4 Å².